The van der Waals surface area contributed by atoms with E-state index in [0.717, 1.165) is 32.1 Å². The van der Waals surface area contributed by atoms with Gasteiger partial charge in [-0.15, -0.1) is 0 Å². The van der Waals surface area contributed by atoms with Gasteiger partial charge in [-0.2, -0.15) is 0 Å². The van der Waals surface area contributed by atoms with Crippen LogP contribution in [0.1, 0.15) is 79.6 Å². The van der Waals surface area contributed by atoms with Gasteiger partial charge in [0.2, 0.25) is 0 Å². The van der Waals surface area contributed by atoms with Gasteiger partial charge in [-0.05, 0) is 43.4 Å². The van der Waals surface area contributed by atoms with Crippen molar-refractivity contribution in [3.8, 4) is 0 Å². The van der Waals surface area contributed by atoms with Crippen molar-refractivity contribution >= 4 is 5.97 Å². The number of ether oxygens (including phenoxy) is 4. The van der Waals surface area contributed by atoms with E-state index >= 15 is 0 Å². The Bertz CT molecular complexity index is 632. The van der Waals surface area contributed by atoms with Crippen LogP contribution in [0.5, 0.6) is 0 Å². The van der Waals surface area contributed by atoms with Crippen molar-refractivity contribution < 1.29 is 23.7 Å². The third kappa shape index (κ3) is 2.87. The van der Waals surface area contributed by atoms with Crippen LogP contribution in [0.3, 0.4) is 0 Å². The molecule has 2 saturated heterocycles. The van der Waals surface area contributed by atoms with E-state index in [0.29, 0.717) is 18.4 Å². The summed E-state index contributed by atoms with van der Waals surface area (Å²) in [7, 11) is 1.71. The molecule has 2 aliphatic heterocycles. The van der Waals surface area contributed by atoms with E-state index in [1.54, 1.807) is 14.0 Å². The lowest BCUT2D eigenvalue weighted by molar-refractivity contribution is -0.272. The minimum atomic E-state index is -0.224. The molecule has 4 rings (SSSR count). The average Bonchev–Trinajstić information content (AvgIpc) is 3.17. The largest absolute Gasteiger partial charge is 0.462 e. The lowest BCUT2D eigenvalue weighted by Gasteiger charge is -2.65. The second-order valence-corrected chi connectivity index (χ2v) is 10.9. The summed E-state index contributed by atoms with van der Waals surface area (Å²) < 4.78 is 24.4. The van der Waals surface area contributed by atoms with Crippen molar-refractivity contribution in [2.75, 3.05) is 13.7 Å². The molecule has 0 aromatic heterocycles. The molecule has 2 heterocycles. The van der Waals surface area contributed by atoms with Gasteiger partial charge in [0.1, 0.15) is 6.10 Å². The first-order valence-electron chi connectivity index (χ1n) is 11.1. The van der Waals surface area contributed by atoms with Gasteiger partial charge < -0.3 is 18.9 Å². The average molecular weight is 395 g/mol. The molecule has 4 aliphatic rings. The van der Waals surface area contributed by atoms with Gasteiger partial charge in [0, 0.05) is 31.8 Å². The Balaban J connectivity index is 1.72. The Kier molecular flexibility index (Phi) is 4.92. The van der Waals surface area contributed by atoms with Gasteiger partial charge in [0.05, 0.1) is 17.8 Å². The first-order valence-corrected chi connectivity index (χ1v) is 11.1. The van der Waals surface area contributed by atoms with E-state index in [9.17, 15) is 4.79 Å². The molecular weight excluding hydrogens is 356 g/mol. The molecule has 0 bridgehead atoms. The third-order valence-corrected chi connectivity index (χ3v) is 8.77. The standard InChI is InChI=1S/C23H38O5/c1-15-12-17(27-16(2)24)19-20(3,4)8-7-9-21(19,5)23(15)11-10-22(28-23)13-18(25-6)26-14-22/h15,17-19H,7-14H2,1-6H3/t15-,17-,18-,19+,21+,22+,23-/m0/s1. The molecule has 5 heteroatoms. The number of carbonyl (C=O) groups is 1. The Morgan fingerprint density at radius 1 is 1.11 bits per heavy atom. The highest BCUT2D eigenvalue weighted by atomic mass is 16.7. The SMILES string of the molecule is CO[C@@H]1C[C@]2(CC[C@]3(O2)[C@@H](C)C[C@H](OC(C)=O)[C@@H]2C(C)(C)CCC[C@]23C)CO1. The van der Waals surface area contributed by atoms with Crippen molar-refractivity contribution in [1.29, 1.82) is 0 Å². The highest BCUT2D eigenvalue weighted by molar-refractivity contribution is 5.66. The highest BCUT2D eigenvalue weighted by Gasteiger charge is 2.70. The second kappa shape index (κ2) is 6.68. The fourth-order valence-corrected chi connectivity index (χ4v) is 7.75. The zero-order valence-corrected chi connectivity index (χ0v) is 18.5. The molecule has 7 atom stereocenters. The normalized spacial score (nSPS) is 50.1. The van der Waals surface area contributed by atoms with Crippen molar-refractivity contribution in [3.63, 3.8) is 0 Å². The van der Waals surface area contributed by atoms with Crippen molar-refractivity contribution in [3.05, 3.63) is 0 Å². The molecule has 2 saturated carbocycles. The topological polar surface area (TPSA) is 54.0 Å². The minimum Gasteiger partial charge on any atom is -0.462 e. The Labute approximate surface area is 169 Å². The number of methoxy groups -OCH3 is 1. The molecule has 28 heavy (non-hydrogen) atoms. The lowest BCUT2D eigenvalue weighted by atomic mass is 9.43. The van der Waals surface area contributed by atoms with E-state index in [-0.39, 0.29) is 40.4 Å². The Hall–Kier alpha value is -0.650. The molecule has 5 nitrogen and oxygen atoms in total. The number of carbonyl (C=O) groups excluding carboxylic acids is 1. The predicted octanol–water partition coefficient (Wildman–Crippen LogP) is 4.47. The molecular formula is C23H38O5. The lowest BCUT2D eigenvalue weighted by Crippen LogP contribution is -2.67. The third-order valence-electron chi connectivity index (χ3n) is 8.77. The molecule has 160 valence electrons. The quantitative estimate of drug-likeness (QED) is 0.647. The minimum absolute atomic E-state index is 0.0127. The van der Waals surface area contributed by atoms with Gasteiger partial charge in [-0.1, -0.05) is 34.1 Å². The first kappa shape index (κ1) is 20.6. The van der Waals surface area contributed by atoms with Crippen LogP contribution in [-0.4, -0.2) is 43.3 Å². The van der Waals surface area contributed by atoms with Crippen LogP contribution in [0, 0.1) is 22.7 Å². The second-order valence-electron chi connectivity index (χ2n) is 10.9. The summed E-state index contributed by atoms with van der Waals surface area (Å²) in [6.07, 6.45) is 7.11. The molecule has 4 fully saturated rings. The van der Waals surface area contributed by atoms with Gasteiger partial charge >= 0.3 is 5.97 Å². The van der Waals surface area contributed by atoms with Crippen LogP contribution in [0.15, 0.2) is 0 Å². The van der Waals surface area contributed by atoms with E-state index in [1.807, 2.05) is 0 Å². The van der Waals surface area contributed by atoms with E-state index in [4.69, 9.17) is 18.9 Å². The predicted molar refractivity (Wildman–Crippen MR) is 106 cm³/mol. The van der Waals surface area contributed by atoms with E-state index in [2.05, 4.69) is 27.7 Å². The van der Waals surface area contributed by atoms with Crippen LogP contribution >= 0.6 is 0 Å². The molecule has 0 radical (unpaired) electrons. The molecule has 0 aromatic carbocycles. The van der Waals surface area contributed by atoms with Crippen LogP contribution in [0.4, 0.5) is 0 Å². The molecule has 0 unspecified atom stereocenters. The highest BCUT2D eigenvalue weighted by Crippen LogP contribution is 2.68. The van der Waals surface area contributed by atoms with Gasteiger partial charge in [-0.3, -0.25) is 4.79 Å². The smallest absolute Gasteiger partial charge is 0.302 e. The van der Waals surface area contributed by atoms with E-state index < -0.39 is 0 Å². The summed E-state index contributed by atoms with van der Waals surface area (Å²) in [6, 6.07) is 0. The molecule has 0 N–H and O–H groups in total. The number of esters is 1. The van der Waals surface area contributed by atoms with Crippen molar-refractivity contribution in [2.45, 2.75) is 103 Å². The monoisotopic (exact) mass is 394 g/mol. The van der Waals surface area contributed by atoms with Gasteiger partial charge in [0.25, 0.3) is 0 Å². The number of fused-ring (bicyclic) bond motifs is 2. The fourth-order valence-electron chi connectivity index (χ4n) is 7.75. The molecule has 0 aromatic rings. The summed E-state index contributed by atoms with van der Waals surface area (Å²) >= 11 is 0. The van der Waals surface area contributed by atoms with Gasteiger partial charge in [0.15, 0.2) is 6.29 Å². The number of rotatable bonds is 2. The van der Waals surface area contributed by atoms with Crippen LogP contribution in [-0.2, 0) is 23.7 Å². The Morgan fingerprint density at radius 3 is 2.50 bits per heavy atom. The molecule has 2 spiro atoms. The van der Waals surface area contributed by atoms with Crippen molar-refractivity contribution in [2.24, 2.45) is 22.7 Å². The zero-order valence-electron chi connectivity index (χ0n) is 18.5. The summed E-state index contributed by atoms with van der Waals surface area (Å²) in [5, 5.41) is 0. The summed E-state index contributed by atoms with van der Waals surface area (Å²) in [6.45, 7) is 11.6. The van der Waals surface area contributed by atoms with Crippen LogP contribution in [0.2, 0.25) is 0 Å². The van der Waals surface area contributed by atoms with Gasteiger partial charge in [-0.25, -0.2) is 0 Å². The number of hydrogen-bond donors (Lipinski definition) is 0. The summed E-state index contributed by atoms with van der Waals surface area (Å²) in [4.78, 5) is 11.9. The first-order chi connectivity index (χ1) is 13.1. The van der Waals surface area contributed by atoms with Crippen molar-refractivity contribution in [1.82, 2.24) is 0 Å². The fraction of sp³-hybridized carbons (Fsp3) is 0.957. The van der Waals surface area contributed by atoms with Crippen LogP contribution in [0.25, 0.3) is 0 Å². The van der Waals surface area contributed by atoms with Crippen LogP contribution < -0.4 is 0 Å². The maximum atomic E-state index is 11.9. The molecule has 2 aliphatic carbocycles. The maximum Gasteiger partial charge on any atom is 0.302 e. The van der Waals surface area contributed by atoms with E-state index in [1.165, 1.54) is 12.8 Å². The molecule has 0 amide bonds. The maximum absolute atomic E-state index is 11.9. The summed E-state index contributed by atoms with van der Waals surface area (Å²) in [5.74, 6) is 0.491. The number of hydrogen-bond acceptors (Lipinski definition) is 5. The Morgan fingerprint density at radius 2 is 1.86 bits per heavy atom. The summed E-state index contributed by atoms with van der Waals surface area (Å²) in [5.41, 5.74) is -0.293. The zero-order chi connectivity index (χ0) is 20.4.